The highest BCUT2D eigenvalue weighted by Gasteiger charge is 2.37. The zero-order valence-corrected chi connectivity index (χ0v) is 25.3. The third-order valence-corrected chi connectivity index (χ3v) is 13.5. The van der Waals surface area contributed by atoms with Crippen LogP contribution in [0.15, 0.2) is 42.5 Å². The van der Waals surface area contributed by atoms with E-state index in [1.54, 1.807) is 5.30 Å². The lowest BCUT2D eigenvalue weighted by Crippen LogP contribution is -2.39. The number of hydrogen-bond donors (Lipinski definition) is 0. The monoisotopic (exact) mass is 525 g/mol. The normalized spacial score (nSPS) is 20.1. The number of rotatable bonds is 7. The van der Waals surface area contributed by atoms with Gasteiger partial charge in [0.05, 0.1) is 10.8 Å². The SMILES string of the molecule is Cc1cc(C)cc([C@@H](c2ccccc2P(C2CCCCC2)C2CCCCC2)N(C)[S@](=O)C(C)(C)C)c1. The van der Waals surface area contributed by atoms with Gasteiger partial charge in [0.2, 0.25) is 0 Å². The topological polar surface area (TPSA) is 20.3 Å². The van der Waals surface area contributed by atoms with Crippen LogP contribution in [0.1, 0.15) is 113 Å². The number of aryl methyl sites for hydroxylation is 2. The van der Waals surface area contributed by atoms with Gasteiger partial charge in [0.15, 0.2) is 0 Å². The standard InChI is InChI=1S/C32H48NOPS/c1-24-21-25(2)23-26(22-24)31(33(6)36(34)32(3,4)5)29-19-13-14-20-30(29)35(27-15-9-7-10-16-27)28-17-11-8-12-18-28/h13-14,19-23,27-28,31H,7-12,15-18H2,1-6H3/t31-,36+/m0/s1. The molecule has 0 saturated heterocycles. The first-order chi connectivity index (χ1) is 17.2. The Hall–Kier alpha value is -1.02. The van der Waals surface area contributed by atoms with Crippen molar-refractivity contribution in [2.45, 2.75) is 121 Å². The summed E-state index contributed by atoms with van der Waals surface area (Å²) in [6, 6.07) is 16.2. The molecule has 4 rings (SSSR count). The lowest BCUT2D eigenvalue weighted by Gasteiger charge is -2.41. The Morgan fingerprint density at radius 2 is 1.33 bits per heavy atom. The molecule has 2 atom stereocenters. The summed E-state index contributed by atoms with van der Waals surface area (Å²) in [5.41, 5.74) is 6.94. The van der Waals surface area contributed by atoms with E-state index in [4.69, 9.17) is 0 Å². The van der Waals surface area contributed by atoms with Gasteiger partial charge < -0.3 is 0 Å². The first kappa shape index (κ1) is 28.0. The van der Waals surface area contributed by atoms with Crippen LogP contribution in [0.5, 0.6) is 0 Å². The second-order valence-corrected chi connectivity index (χ2v) is 17.3. The van der Waals surface area contributed by atoms with E-state index in [0.29, 0.717) is 0 Å². The fraction of sp³-hybridized carbons (Fsp3) is 0.625. The van der Waals surface area contributed by atoms with Gasteiger partial charge in [-0.25, -0.2) is 8.51 Å². The molecule has 0 heterocycles. The average molecular weight is 526 g/mol. The van der Waals surface area contributed by atoms with E-state index >= 15 is 0 Å². The zero-order chi connectivity index (χ0) is 25.9. The van der Waals surface area contributed by atoms with Crippen LogP contribution in [0.4, 0.5) is 0 Å². The smallest absolute Gasteiger partial charge is 0.100 e. The third-order valence-electron chi connectivity index (χ3n) is 8.15. The molecule has 2 fully saturated rings. The maximum atomic E-state index is 13.8. The Morgan fingerprint density at radius 3 is 1.83 bits per heavy atom. The molecule has 198 valence electrons. The van der Waals surface area contributed by atoms with Crippen molar-refractivity contribution in [3.63, 3.8) is 0 Å². The summed E-state index contributed by atoms with van der Waals surface area (Å²) in [5, 5.41) is 1.60. The second kappa shape index (κ2) is 12.2. The van der Waals surface area contributed by atoms with Crippen molar-refractivity contribution in [1.29, 1.82) is 0 Å². The molecule has 36 heavy (non-hydrogen) atoms. The van der Waals surface area contributed by atoms with Crippen molar-refractivity contribution in [1.82, 2.24) is 4.31 Å². The fourth-order valence-electron chi connectivity index (χ4n) is 6.64. The highest BCUT2D eigenvalue weighted by atomic mass is 32.2. The van der Waals surface area contributed by atoms with Crippen molar-refractivity contribution >= 4 is 24.2 Å². The van der Waals surface area contributed by atoms with Crippen LogP contribution in [0.25, 0.3) is 0 Å². The minimum atomic E-state index is -1.12. The molecule has 2 aliphatic carbocycles. The van der Waals surface area contributed by atoms with Gasteiger partial charge in [0, 0.05) is 7.05 Å². The van der Waals surface area contributed by atoms with Crippen LogP contribution >= 0.6 is 7.92 Å². The van der Waals surface area contributed by atoms with Crippen LogP contribution in [0, 0.1) is 13.8 Å². The maximum Gasteiger partial charge on any atom is 0.100 e. The summed E-state index contributed by atoms with van der Waals surface area (Å²) in [5.74, 6) is 0. The molecule has 2 aliphatic rings. The van der Waals surface area contributed by atoms with Crippen LogP contribution in [-0.2, 0) is 11.0 Å². The zero-order valence-electron chi connectivity index (χ0n) is 23.6. The van der Waals surface area contributed by atoms with E-state index < -0.39 is 11.0 Å². The Morgan fingerprint density at radius 1 is 0.833 bits per heavy atom. The first-order valence-corrected chi connectivity index (χ1v) is 16.9. The van der Waals surface area contributed by atoms with E-state index in [0.717, 1.165) is 11.3 Å². The van der Waals surface area contributed by atoms with Gasteiger partial charge in [-0.15, -0.1) is 0 Å². The summed E-state index contributed by atoms with van der Waals surface area (Å²) in [4.78, 5) is 0. The maximum absolute atomic E-state index is 13.8. The Balaban J connectivity index is 1.87. The molecule has 0 aliphatic heterocycles. The highest BCUT2D eigenvalue weighted by Crippen LogP contribution is 2.56. The summed E-state index contributed by atoms with van der Waals surface area (Å²) in [7, 11) is 0.722. The molecular weight excluding hydrogens is 477 g/mol. The summed E-state index contributed by atoms with van der Waals surface area (Å²) in [6.07, 6.45) is 14.0. The summed E-state index contributed by atoms with van der Waals surface area (Å²) < 4.78 is 15.7. The molecule has 2 aromatic rings. The molecular formula is C32H48NOPS. The van der Waals surface area contributed by atoms with Gasteiger partial charge in [-0.1, -0.05) is 100 Å². The van der Waals surface area contributed by atoms with Crippen LogP contribution in [0.2, 0.25) is 0 Å². The Bertz CT molecular complexity index is 994. The van der Waals surface area contributed by atoms with Crippen molar-refractivity contribution in [2.75, 3.05) is 7.05 Å². The van der Waals surface area contributed by atoms with Crippen LogP contribution < -0.4 is 5.30 Å². The van der Waals surface area contributed by atoms with Gasteiger partial charge in [0.25, 0.3) is 0 Å². The molecule has 0 aromatic heterocycles. The Labute approximate surface area is 225 Å². The van der Waals surface area contributed by atoms with Crippen LogP contribution in [0.3, 0.4) is 0 Å². The van der Waals surface area contributed by atoms with E-state index in [1.165, 1.54) is 86.5 Å². The minimum absolute atomic E-state index is 0.00274. The third kappa shape index (κ3) is 6.51. The Kier molecular flexibility index (Phi) is 9.51. The lowest BCUT2D eigenvalue weighted by atomic mass is 9.95. The lowest BCUT2D eigenvalue weighted by molar-refractivity contribution is 0.440. The molecule has 0 unspecified atom stereocenters. The second-order valence-electron chi connectivity index (χ2n) is 12.3. The molecule has 0 amide bonds. The molecule has 0 N–H and O–H groups in total. The van der Waals surface area contributed by atoms with Gasteiger partial charge >= 0.3 is 0 Å². The van der Waals surface area contributed by atoms with Crippen molar-refractivity contribution in [3.05, 3.63) is 64.7 Å². The van der Waals surface area contributed by atoms with Gasteiger partial charge in [-0.2, -0.15) is 0 Å². The predicted molar refractivity (Wildman–Crippen MR) is 160 cm³/mol. The van der Waals surface area contributed by atoms with E-state index in [1.807, 2.05) is 0 Å². The molecule has 2 saturated carbocycles. The van der Waals surface area contributed by atoms with E-state index in [9.17, 15) is 4.21 Å². The average Bonchev–Trinajstić information content (AvgIpc) is 2.85. The fourth-order valence-corrected chi connectivity index (χ4v) is 11.9. The molecule has 0 bridgehead atoms. The molecule has 2 aromatic carbocycles. The summed E-state index contributed by atoms with van der Waals surface area (Å²) >= 11 is 0. The largest absolute Gasteiger partial charge is 0.242 e. The van der Waals surface area contributed by atoms with Gasteiger partial charge in [-0.3, -0.25) is 0 Å². The van der Waals surface area contributed by atoms with E-state index in [-0.39, 0.29) is 18.7 Å². The number of hydrogen-bond acceptors (Lipinski definition) is 1. The number of nitrogens with zero attached hydrogens (tertiary/aromatic N) is 1. The molecule has 4 heteroatoms. The van der Waals surface area contributed by atoms with Gasteiger partial charge in [0.1, 0.15) is 11.0 Å². The molecule has 0 spiro atoms. The van der Waals surface area contributed by atoms with Crippen LogP contribution in [-0.4, -0.2) is 31.6 Å². The minimum Gasteiger partial charge on any atom is -0.242 e. The summed E-state index contributed by atoms with van der Waals surface area (Å²) in [6.45, 7) is 10.7. The number of benzene rings is 2. The molecule has 2 nitrogen and oxygen atoms in total. The van der Waals surface area contributed by atoms with E-state index in [2.05, 4.69) is 88.4 Å². The van der Waals surface area contributed by atoms with Gasteiger partial charge in [-0.05, 0) is 88.1 Å². The van der Waals surface area contributed by atoms with Crippen molar-refractivity contribution in [3.8, 4) is 0 Å². The molecule has 0 radical (unpaired) electrons. The van der Waals surface area contributed by atoms with Crippen molar-refractivity contribution in [2.24, 2.45) is 0 Å². The predicted octanol–water partition coefficient (Wildman–Crippen LogP) is 8.56. The highest BCUT2D eigenvalue weighted by molar-refractivity contribution is 7.84. The first-order valence-electron chi connectivity index (χ1n) is 14.3. The quantitative estimate of drug-likeness (QED) is 0.332. The van der Waals surface area contributed by atoms with Crippen molar-refractivity contribution < 1.29 is 4.21 Å².